The smallest absolute Gasteiger partial charge is 0.284 e. The lowest BCUT2D eigenvalue weighted by Crippen LogP contribution is -1.94. The van der Waals surface area contributed by atoms with Gasteiger partial charge in [0.25, 0.3) is 4.80 Å². The molecule has 11 heavy (non-hydrogen) atoms. The van der Waals surface area contributed by atoms with Crippen LogP contribution in [0.25, 0.3) is 0 Å². The van der Waals surface area contributed by atoms with E-state index in [2.05, 4.69) is 40.0 Å². The molecule has 0 bridgehead atoms. The van der Waals surface area contributed by atoms with Crippen molar-refractivity contribution >= 4 is 15.9 Å². The van der Waals surface area contributed by atoms with Gasteiger partial charge in [-0.3, -0.25) is 0 Å². The van der Waals surface area contributed by atoms with Crippen molar-refractivity contribution in [3.63, 3.8) is 0 Å². The first-order chi connectivity index (χ1) is 5.27. The molecule has 0 aliphatic rings. The van der Waals surface area contributed by atoms with E-state index in [9.17, 15) is 0 Å². The van der Waals surface area contributed by atoms with E-state index >= 15 is 0 Å². The standard InChI is InChI=1S/C7H11BrN2O/c1-3-5(4-2)6-9-10-7(8)11-6/h5H,3-4H2,1-2H3. The summed E-state index contributed by atoms with van der Waals surface area (Å²) in [7, 11) is 0. The average Bonchev–Trinajstić information content (AvgIpc) is 2.39. The fraction of sp³-hybridized carbons (Fsp3) is 0.714. The fourth-order valence-electron chi connectivity index (χ4n) is 1.02. The third kappa shape index (κ3) is 2.02. The Morgan fingerprint density at radius 3 is 2.36 bits per heavy atom. The zero-order valence-corrected chi connectivity index (χ0v) is 8.26. The van der Waals surface area contributed by atoms with Crippen LogP contribution in [0.15, 0.2) is 9.22 Å². The van der Waals surface area contributed by atoms with Crippen LogP contribution in [-0.2, 0) is 0 Å². The monoisotopic (exact) mass is 218 g/mol. The second-order valence-electron chi connectivity index (χ2n) is 2.41. The van der Waals surface area contributed by atoms with E-state index < -0.39 is 0 Å². The molecule has 3 nitrogen and oxygen atoms in total. The molecule has 0 aromatic carbocycles. The highest BCUT2D eigenvalue weighted by Gasteiger charge is 2.13. The largest absolute Gasteiger partial charge is 0.415 e. The Morgan fingerprint density at radius 1 is 1.36 bits per heavy atom. The van der Waals surface area contributed by atoms with E-state index in [1.54, 1.807) is 0 Å². The molecule has 62 valence electrons. The summed E-state index contributed by atoms with van der Waals surface area (Å²) in [5.41, 5.74) is 0. The second kappa shape index (κ2) is 3.85. The van der Waals surface area contributed by atoms with Crippen LogP contribution in [-0.4, -0.2) is 10.2 Å². The minimum absolute atomic E-state index is 0.411. The topological polar surface area (TPSA) is 38.9 Å². The summed E-state index contributed by atoms with van der Waals surface area (Å²) in [6.45, 7) is 4.23. The summed E-state index contributed by atoms with van der Waals surface area (Å²) in [5, 5.41) is 7.63. The van der Waals surface area contributed by atoms with Crippen molar-refractivity contribution in [2.45, 2.75) is 32.6 Å². The van der Waals surface area contributed by atoms with Gasteiger partial charge in [0.05, 0.1) is 0 Å². The van der Waals surface area contributed by atoms with Gasteiger partial charge in [0.15, 0.2) is 0 Å². The van der Waals surface area contributed by atoms with Crippen molar-refractivity contribution in [2.24, 2.45) is 0 Å². The van der Waals surface area contributed by atoms with E-state index in [4.69, 9.17) is 4.42 Å². The molecule has 1 heterocycles. The maximum atomic E-state index is 5.22. The van der Waals surface area contributed by atoms with Crippen molar-refractivity contribution in [2.75, 3.05) is 0 Å². The number of aromatic nitrogens is 2. The number of rotatable bonds is 3. The van der Waals surface area contributed by atoms with Crippen molar-refractivity contribution in [3.8, 4) is 0 Å². The molecule has 0 spiro atoms. The zero-order valence-electron chi connectivity index (χ0n) is 6.67. The maximum Gasteiger partial charge on any atom is 0.284 e. The predicted octanol–water partition coefficient (Wildman–Crippen LogP) is 2.74. The molecular formula is C7H11BrN2O. The van der Waals surface area contributed by atoms with Gasteiger partial charge in [0, 0.05) is 21.8 Å². The normalized spacial score (nSPS) is 10.9. The first-order valence-electron chi connectivity index (χ1n) is 3.76. The van der Waals surface area contributed by atoms with Crippen LogP contribution in [0.2, 0.25) is 0 Å². The van der Waals surface area contributed by atoms with Gasteiger partial charge in [-0.25, -0.2) is 0 Å². The van der Waals surface area contributed by atoms with Gasteiger partial charge in [-0.2, -0.15) is 0 Å². The Balaban J connectivity index is 2.73. The number of hydrogen-bond donors (Lipinski definition) is 0. The molecule has 0 amide bonds. The molecule has 1 rings (SSSR count). The highest BCUT2D eigenvalue weighted by molar-refractivity contribution is 9.10. The van der Waals surface area contributed by atoms with Gasteiger partial charge >= 0.3 is 0 Å². The van der Waals surface area contributed by atoms with Crippen LogP contribution in [0.4, 0.5) is 0 Å². The highest BCUT2D eigenvalue weighted by Crippen LogP contribution is 2.22. The molecule has 0 unspecified atom stereocenters. The van der Waals surface area contributed by atoms with Crippen LogP contribution in [0, 0.1) is 0 Å². The van der Waals surface area contributed by atoms with Gasteiger partial charge in [-0.05, 0) is 12.8 Å². The van der Waals surface area contributed by atoms with E-state index in [0.29, 0.717) is 10.7 Å². The minimum Gasteiger partial charge on any atom is -0.415 e. The number of halogens is 1. The number of hydrogen-bond acceptors (Lipinski definition) is 3. The summed E-state index contributed by atoms with van der Waals surface area (Å²) in [4.78, 5) is 0.472. The second-order valence-corrected chi connectivity index (χ2v) is 3.09. The molecular weight excluding hydrogens is 208 g/mol. The molecule has 0 saturated heterocycles. The molecule has 0 aliphatic carbocycles. The van der Waals surface area contributed by atoms with Crippen LogP contribution in [0.1, 0.15) is 38.5 Å². The van der Waals surface area contributed by atoms with E-state index in [0.717, 1.165) is 18.7 Å². The van der Waals surface area contributed by atoms with E-state index in [1.165, 1.54) is 0 Å². The van der Waals surface area contributed by atoms with Gasteiger partial charge in [0.2, 0.25) is 5.89 Å². The number of nitrogens with zero attached hydrogens (tertiary/aromatic N) is 2. The summed E-state index contributed by atoms with van der Waals surface area (Å²) in [6, 6.07) is 0. The molecule has 4 heteroatoms. The predicted molar refractivity (Wildman–Crippen MR) is 45.3 cm³/mol. The molecule has 1 aromatic rings. The lowest BCUT2D eigenvalue weighted by molar-refractivity contribution is 0.417. The Kier molecular flexibility index (Phi) is 3.05. The fourth-order valence-corrected chi connectivity index (χ4v) is 1.26. The van der Waals surface area contributed by atoms with Gasteiger partial charge in [-0.1, -0.05) is 13.8 Å². The van der Waals surface area contributed by atoms with Crippen molar-refractivity contribution in [1.29, 1.82) is 0 Å². The van der Waals surface area contributed by atoms with E-state index in [-0.39, 0.29) is 0 Å². The van der Waals surface area contributed by atoms with Gasteiger partial charge < -0.3 is 4.42 Å². The first kappa shape index (κ1) is 8.71. The molecule has 1 aromatic heterocycles. The van der Waals surface area contributed by atoms with Gasteiger partial charge in [-0.15, -0.1) is 10.2 Å². The van der Waals surface area contributed by atoms with Crippen LogP contribution < -0.4 is 0 Å². The molecule has 0 fully saturated rings. The molecule has 0 N–H and O–H groups in total. The van der Waals surface area contributed by atoms with Crippen LogP contribution in [0.5, 0.6) is 0 Å². The lowest BCUT2D eigenvalue weighted by atomic mass is 10.0. The minimum atomic E-state index is 0.411. The molecule has 0 aliphatic heterocycles. The Hall–Kier alpha value is -0.380. The van der Waals surface area contributed by atoms with Crippen LogP contribution >= 0.6 is 15.9 Å². The third-order valence-electron chi connectivity index (χ3n) is 1.75. The third-order valence-corrected chi connectivity index (χ3v) is 2.07. The molecule has 0 saturated carbocycles. The Labute approximate surface area is 74.3 Å². The first-order valence-corrected chi connectivity index (χ1v) is 4.56. The van der Waals surface area contributed by atoms with Gasteiger partial charge in [0.1, 0.15) is 0 Å². The Bertz CT molecular complexity index is 220. The average molecular weight is 219 g/mol. The summed E-state index contributed by atoms with van der Waals surface area (Å²) >= 11 is 3.12. The van der Waals surface area contributed by atoms with Crippen molar-refractivity contribution in [3.05, 3.63) is 10.7 Å². The summed E-state index contributed by atoms with van der Waals surface area (Å²) in [5.74, 6) is 1.15. The summed E-state index contributed by atoms with van der Waals surface area (Å²) < 4.78 is 5.22. The zero-order chi connectivity index (χ0) is 8.27. The SMILES string of the molecule is CCC(CC)c1nnc(Br)o1. The Morgan fingerprint density at radius 2 is 2.00 bits per heavy atom. The maximum absolute atomic E-state index is 5.22. The highest BCUT2D eigenvalue weighted by atomic mass is 79.9. The van der Waals surface area contributed by atoms with Crippen molar-refractivity contribution < 1.29 is 4.42 Å². The summed E-state index contributed by atoms with van der Waals surface area (Å²) in [6.07, 6.45) is 2.09. The quantitative estimate of drug-likeness (QED) is 0.784. The molecule has 0 atom stereocenters. The van der Waals surface area contributed by atoms with Crippen molar-refractivity contribution in [1.82, 2.24) is 10.2 Å². The van der Waals surface area contributed by atoms with E-state index in [1.807, 2.05) is 0 Å². The lowest BCUT2D eigenvalue weighted by Gasteiger charge is -2.04. The molecule has 0 radical (unpaired) electrons. The van der Waals surface area contributed by atoms with Crippen LogP contribution in [0.3, 0.4) is 0 Å².